The summed E-state index contributed by atoms with van der Waals surface area (Å²) in [7, 11) is 0. The van der Waals surface area contributed by atoms with E-state index in [0.29, 0.717) is 114 Å². The second-order valence-corrected chi connectivity index (χ2v) is 21.9. The SMILES string of the molecule is Cc1ccc(-c2ccc(COCCOc3ccccc3OCCN3CCN(CCOc4ccccc4OCCOCc4ccc(-c5ccc(C)cn5)nc4)CCN(CCOc4ccccc4OCCOCc4ccc(-c5ccc(C)cn5)nc4)CC3)cn2)nc1. The fraction of sp³-hybridized carbons (Fsp3) is 0.333. The summed E-state index contributed by atoms with van der Waals surface area (Å²) in [6.45, 7) is 18.5. The van der Waals surface area contributed by atoms with E-state index in [1.54, 1.807) is 0 Å². The van der Waals surface area contributed by atoms with Gasteiger partial charge in [-0.2, -0.15) is 0 Å². The predicted octanol–water partition coefficient (Wildman–Crippen LogP) is 11.2. The van der Waals surface area contributed by atoms with E-state index in [2.05, 4.69) is 44.6 Å². The Morgan fingerprint density at radius 2 is 0.500 bits per heavy atom. The molecular formula is C72H81N9O9. The van der Waals surface area contributed by atoms with Gasteiger partial charge in [0, 0.05) is 96.1 Å². The van der Waals surface area contributed by atoms with Crippen molar-refractivity contribution in [2.75, 3.05) is 118 Å². The lowest BCUT2D eigenvalue weighted by atomic mass is 10.2. The zero-order valence-electron chi connectivity index (χ0n) is 51.9. The van der Waals surface area contributed by atoms with Gasteiger partial charge in [-0.1, -0.05) is 72.8 Å². The molecule has 9 aromatic rings. The number of hydrogen-bond donors (Lipinski definition) is 0. The van der Waals surface area contributed by atoms with E-state index < -0.39 is 0 Å². The Morgan fingerprint density at radius 1 is 0.267 bits per heavy atom. The molecule has 0 spiro atoms. The average molecular weight is 1220 g/mol. The van der Waals surface area contributed by atoms with E-state index >= 15 is 0 Å². The Hall–Kier alpha value is -8.88. The lowest BCUT2D eigenvalue weighted by Gasteiger charge is -2.26. The molecule has 10 rings (SSSR count). The number of benzene rings is 3. The summed E-state index contributed by atoms with van der Waals surface area (Å²) in [5, 5.41) is 0. The Bertz CT molecular complexity index is 3150. The summed E-state index contributed by atoms with van der Waals surface area (Å²) in [6, 6.07) is 47.5. The molecule has 0 atom stereocenters. The number of pyridine rings is 6. The highest BCUT2D eigenvalue weighted by Crippen LogP contribution is 2.29. The van der Waals surface area contributed by atoms with E-state index in [-0.39, 0.29) is 0 Å². The summed E-state index contributed by atoms with van der Waals surface area (Å²) in [4.78, 5) is 34.7. The number of aryl methyl sites for hydroxylation is 3. The normalized spacial score (nSPS) is 13.2. The van der Waals surface area contributed by atoms with Crippen LogP contribution >= 0.6 is 0 Å². The van der Waals surface area contributed by atoms with Crippen molar-refractivity contribution in [1.29, 1.82) is 0 Å². The Labute approximate surface area is 528 Å². The Kier molecular flexibility index (Phi) is 24.8. The maximum atomic E-state index is 6.46. The Morgan fingerprint density at radius 3 is 0.722 bits per heavy atom. The van der Waals surface area contributed by atoms with Gasteiger partial charge in [0.25, 0.3) is 0 Å². The number of aromatic nitrogens is 6. The van der Waals surface area contributed by atoms with Crippen molar-refractivity contribution in [2.24, 2.45) is 0 Å². The van der Waals surface area contributed by atoms with Crippen molar-refractivity contribution in [1.82, 2.24) is 44.6 Å². The number of hydrogen-bond acceptors (Lipinski definition) is 18. The maximum Gasteiger partial charge on any atom is 0.161 e. The highest BCUT2D eigenvalue weighted by molar-refractivity contribution is 5.56. The van der Waals surface area contributed by atoms with Crippen LogP contribution in [0.2, 0.25) is 0 Å². The minimum Gasteiger partial charge on any atom is -0.488 e. The number of ether oxygens (including phenoxy) is 9. The van der Waals surface area contributed by atoms with E-state index in [1.165, 1.54) is 0 Å². The number of rotatable bonds is 33. The quantitative estimate of drug-likeness (QED) is 0.0356. The molecule has 0 N–H and O–H groups in total. The summed E-state index contributed by atoms with van der Waals surface area (Å²) in [5.41, 5.74) is 11.3. The third-order valence-corrected chi connectivity index (χ3v) is 15.0. The number of para-hydroxylation sites is 6. The first-order valence-electron chi connectivity index (χ1n) is 30.9. The van der Waals surface area contributed by atoms with Crippen molar-refractivity contribution >= 4 is 0 Å². The monoisotopic (exact) mass is 1220 g/mol. The first kappa shape index (κ1) is 64.1. The van der Waals surface area contributed by atoms with Crippen LogP contribution in [0.25, 0.3) is 34.2 Å². The van der Waals surface area contributed by atoms with Crippen LogP contribution in [0.3, 0.4) is 0 Å². The van der Waals surface area contributed by atoms with Crippen molar-refractivity contribution in [3.05, 3.63) is 216 Å². The van der Waals surface area contributed by atoms with Crippen molar-refractivity contribution in [3.8, 4) is 68.7 Å². The average Bonchev–Trinajstić information content (AvgIpc) is 3.85. The first-order chi connectivity index (χ1) is 44.3. The van der Waals surface area contributed by atoms with Crippen LogP contribution in [-0.4, -0.2) is 163 Å². The maximum absolute atomic E-state index is 6.46. The molecule has 1 aliphatic heterocycles. The molecule has 6 aromatic heterocycles. The van der Waals surface area contributed by atoms with Crippen LogP contribution in [0, 0.1) is 20.8 Å². The highest BCUT2D eigenvalue weighted by Gasteiger charge is 2.19. The molecule has 0 saturated carbocycles. The van der Waals surface area contributed by atoms with Crippen LogP contribution in [-0.2, 0) is 34.0 Å². The first-order valence-corrected chi connectivity index (χ1v) is 30.9. The predicted molar refractivity (Wildman–Crippen MR) is 347 cm³/mol. The van der Waals surface area contributed by atoms with Gasteiger partial charge >= 0.3 is 0 Å². The van der Waals surface area contributed by atoms with Crippen LogP contribution in [0.4, 0.5) is 0 Å². The van der Waals surface area contributed by atoms with Gasteiger partial charge in [-0.25, -0.2) is 0 Å². The molecule has 1 fully saturated rings. The molecule has 0 radical (unpaired) electrons. The fourth-order valence-corrected chi connectivity index (χ4v) is 9.82. The lowest BCUT2D eigenvalue weighted by Crippen LogP contribution is -2.39. The van der Waals surface area contributed by atoms with Crippen molar-refractivity contribution < 1.29 is 42.6 Å². The summed E-state index contributed by atoms with van der Waals surface area (Å²) < 4.78 is 55.9. The second kappa shape index (κ2) is 34.8. The van der Waals surface area contributed by atoms with Gasteiger partial charge in [0.2, 0.25) is 0 Å². The van der Waals surface area contributed by atoms with Gasteiger partial charge < -0.3 is 42.6 Å². The van der Waals surface area contributed by atoms with E-state index in [4.69, 9.17) is 42.6 Å². The lowest BCUT2D eigenvalue weighted by molar-refractivity contribution is 0.0870. The molecule has 0 bridgehead atoms. The summed E-state index contributed by atoms with van der Waals surface area (Å²) >= 11 is 0. The third-order valence-electron chi connectivity index (χ3n) is 15.0. The third kappa shape index (κ3) is 20.6. The van der Waals surface area contributed by atoms with E-state index in [9.17, 15) is 0 Å². The van der Waals surface area contributed by atoms with Crippen LogP contribution in [0.1, 0.15) is 33.4 Å². The largest absolute Gasteiger partial charge is 0.488 e. The fourth-order valence-electron chi connectivity index (χ4n) is 9.82. The van der Waals surface area contributed by atoms with Gasteiger partial charge in [-0.05, 0) is 127 Å². The minimum atomic E-state index is 0.372. The molecule has 18 heteroatoms. The second-order valence-electron chi connectivity index (χ2n) is 21.9. The zero-order chi connectivity index (χ0) is 61.8. The van der Waals surface area contributed by atoms with Gasteiger partial charge in [0.15, 0.2) is 34.5 Å². The molecule has 1 aliphatic rings. The molecule has 0 amide bonds. The molecule has 0 aliphatic carbocycles. The van der Waals surface area contributed by atoms with Crippen LogP contribution in [0.5, 0.6) is 34.5 Å². The summed E-state index contributed by atoms with van der Waals surface area (Å²) in [5.74, 6) is 4.13. The molecule has 7 heterocycles. The standard InChI is InChI=1S/C72H81N9O9/c1-55-16-22-61(73-46-55)64-25-19-58(49-76-64)52-82-40-43-88-70-13-7-4-10-67(70)85-37-34-79-28-30-80(35-38-86-68-11-5-8-14-71(68)89-44-41-83-53-59-20-26-65(77-50-59)62-23-17-56(2)47-74-62)32-33-81(31-29-79)36-39-87-69-12-6-9-15-72(69)90-45-42-84-54-60-21-27-66(78-51-60)63-24-18-57(3)48-75-63/h4-27,46-51H,28-45,52-54H2,1-3H3. The molecular weight excluding hydrogens is 1130 g/mol. The van der Waals surface area contributed by atoms with Crippen molar-refractivity contribution in [3.63, 3.8) is 0 Å². The van der Waals surface area contributed by atoms with Gasteiger partial charge in [0.1, 0.15) is 39.6 Å². The number of nitrogens with zero attached hydrogens (tertiary/aromatic N) is 9. The Balaban J connectivity index is 0.688. The van der Waals surface area contributed by atoms with E-state index in [1.807, 2.05) is 204 Å². The topological polar surface area (TPSA) is 170 Å². The van der Waals surface area contributed by atoms with E-state index in [0.717, 1.165) is 126 Å². The molecule has 18 nitrogen and oxygen atoms in total. The van der Waals surface area contributed by atoms with Crippen molar-refractivity contribution in [2.45, 2.75) is 40.6 Å². The zero-order valence-corrected chi connectivity index (χ0v) is 51.9. The molecule has 468 valence electrons. The summed E-state index contributed by atoms with van der Waals surface area (Å²) in [6.07, 6.45) is 11.0. The van der Waals surface area contributed by atoms with Gasteiger partial charge in [0.05, 0.1) is 73.8 Å². The molecule has 0 unspecified atom stereocenters. The molecule has 1 saturated heterocycles. The van der Waals surface area contributed by atoms with Crippen LogP contribution < -0.4 is 28.4 Å². The smallest absolute Gasteiger partial charge is 0.161 e. The minimum absolute atomic E-state index is 0.372. The molecule has 3 aromatic carbocycles. The highest BCUT2D eigenvalue weighted by atomic mass is 16.6. The molecule has 90 heavy (non-hydrogen) atoms. The van der Waals surface area contributed by atoms with Crippen LogP contribution in [0.15, 0.2) is 183 Å². The van der Waals surface area contributed by atoms with Gasteiger partial charge in [-0.15, -0.1) is 0 Å². The van der Waals surface area contributed by atoms with Gasteiger partial charge in [-0.3, -0.25) is 44.6 Å².